The van der Waals surface area contributed by atoms with Crippen molar-refractivity contribution < 1.29 is 64.2 Å². The van der Waals surface area contributed by atoms with E-state index >= 15 is 0 Å². The molecule has 4 bridgehead atoms. The fraction of sp³-hybridized carbons (Fsp3) is 0.562. The van der Waals surface area contributed by atoms with Gasteiger partial charge in [0.15, 0.2) is 17.8 Å². The molecule has 2 aromatic rings. The lowest BCUT2D eigenvalue weighted by Gasteiger charge is -2.40. The monoisotopic (exact) mass is 634 g/mol. The van der Waals surface area contributed by atoms with E-state index < -0.39 is 68.5 Å². The second-order valence-electron chi connectivity index (χ2n) is 11.4. The highest BCUT2D eigenvalue weighted by molar-refractivity contribution is 5.81. The largest absolute Gasteiger partial charge is 0.507 e. The molecule has 1 aliphatic carbocycles. The highest BCUT2D eigenvalue weighted by Crippen LogP contribution is 2.50. The molecule has 2 fully saturated rings. The summed E-state index contributed by atoms with van der Waals surface area (Å²) in [6.07, 6.45) is -5.02. The first-order valence-electron chi connectivity index (χ1n) is 15.0. The van der Waals surface area contributed by atoms with Crippen molar-refractivity contribution in [2.24, 2.45) is 0 Å². The number of fused-ring (bicyclic) bond motifs is 5. The number of phenolic OH excluding ortho intramolecular Hbond substituents is 1. The van der Waals surface area contributed by atoms with Gasteiger partial charge in [-0.2, -0.15) is 0 Å². The van der Waals surface area contributed by atoms with Gasteiger partial charge in [-0.1, -0.05) is 18.2 Å². The van der Waals surface area contributed by atoms with Gasteiger partial charge in [0.2, 0.25) is 12.0 Å². The van der Waals surface area contributed by atoms with Crippen molar-refractivity contribution in [1.29, 1.82) is 0 Å². The standard InChI is InChI=1S/C32H42O13/c1-40-29-19-13-17(9-7-5-3-4-6-8-16-10-11-20(34)18(19)12-16)28(30(29)41-2)45-32-27(39)25(37)24(36)22(44-32)15-42-31-26(38)23(35)21(14-33)43-31/h4,6,10-13,21-27,31-39H,3,5,7-9,14-15H2,1-2H3/b6-4+. The van der Waals surface area contributed by atoms with Gasteiger partial charge < -0.3 is 64.2 Å². The second kappa shape index (κ2) is 14.6. The molecule has 9 atom stereocenters. The van der Waals surface area contributed by atoms with Crippen LogP contribution in [-0.2, 0) is 27.1 Å². The molecule has 9 unspecified atom stereocenters. The molecule has 13 nitrogen and oxygen atoms in total. The predicted octanol–water partition coefficient (Wildman–Crippen LogP) is 0.543. The van der Waals surface area contributed by atoms with Crippen LogP contribution in [0.1, 0.15) is 30.4 Å². The molecule has 248 valence electrons. The number of allylic oxidation sites excluding steroid dienone is 2. The van der Waals surface area contributed by atoms with E-state index in [1.54, 1.807) is 6.07 Å². The lowest BCUT2D eigenvalue weighted by Crippen LogP contribution is -2.60. The molecule has 0 spiro atoms. The highest BCUT2D eigenvalue weighted by atomic mass is 16.7. The summed E-state index contributed by atoms with van der Waals surface area (Å²) in [6.45, 7) is -0.970. The Hall–Kier alpha value is -2.98. The number of rotatable bonds is 8. The number of ether oxygens (including phenoxy) is 6. The molecular formula is C32H42O13. The first-order chi connectivity index (χ1) is 21.7. The van der Waals surface area contributed by atoms with Crippen LogP contribution in [0.3, 0.4) is 0 Å². The molecule has 13 heteroatoms. The Balaban J connectivity index is 1.46. The van der Waals surface area contributed by atoms with Crippen LogP contribution in [0.2, 0.25) is 0 Å². The molecular weight excluding hydrogens is 592 g/mol. The van der Waals surface area contributed by atoms with E-state index in [-0.39, 0.29) is 23.0 Å². The number of phenols is 1. The van der Waals surface area contributed by atoms with Crippen LogP contribution in [0.5, 0.6) is 23.0 Å². The quantitative estimate of drug-likeness (QED) is 0.199. The minimum Gasteiger partial charge on any atom is -0.507 e. The van der Waals surface area contributed by atoms with Crippen molar-refractivity contribution in [1.82, 2.24) is 0 Å². The fourth-order valence-corrected chi connectivity index (χ4v) is 5.88. The van der Waals surface area contributed by atoms with Gasteiger partial charge in [-0.15, -0.1) is 0 Å². The number of methoxy groups -OCH3 is 2. The number of aryl methyl sites for hydroxylation is 1. The van der Waals surface area contributed by atoms with Crippen molar-refractivity contribution >= 4 is 0 Å². The number of hydrogen-bond acceptors (Lipinski definition) is 13. The van der Waals surface area contributed by atoms with Crippen LogP contribution in [0, 0.1) is 0 Å². The second-order valence-corrected chi connectivity index (χ2v) is 11.4. The maximum Gasteiger partial charge on any atom is 0.229 e. The summed E-state index contributed by atoms with van der Waals surface area (Å²) in [7, 11) is 2.89. The maximum absolute atomic E-state index is 10.9. The summed E-state index contributed by atoms with van der Waals surface area (Å²) in [5.41, 5.74) is 2.78. The van der Waals surface area contributed by atoms with Crippen molar-refractivity contribution in [3.8, 4) is 34.1 Å². The zero-order valence-electron chi connectivity index (χ0n) is 25.2. The lowest BCUT2D eigenvalue weighted by molar-refractivity contribution is -0.290. The number of hydrogen-bond donors (Lipinski definition) is 7. The lowest BCUT2D eigenvalue weighted by atomic mass is 9.95. The van der Waals surface area contributed by atoms with Gasteiger partial charge in [0.25, 0.3) is 0 Å². The maximum atomic E-state index is 10.9. The number of aromatic hydroxyl groups is 1. The molecule has 3 aliphatic rings. The van der Waals surface area contributed by atoms with Crippen molar-refractivity contribution in [3.05, 3.63) is 47.5 Å². The van der Waals surface area contributed by atoms with Crippen LogP contribution in [0.4, 0.5) is 0 Å². The zero-order chi connectivity index (χ0) is 32.2. The van der Waals surface area contributed by atoms with Crippen molar-refractivity contribution in [3.63, 3.8) is 0 Å². The molecule has 0 amide bonds. The molecule has 2 aliphatic heterocycles. The summed E-state index contributed by atoms with van der Waals surface area (Å²) in [5, 5.41) is 72.7. The van der Waals surface area contributed by atoms with Crippen molar-refractivity contribution in [2.75, 3.05) is 27.4 Å². The van der Waals surface area contributed by atoms with Crippen LogP contribution in [-0.4, -0.2) is 118 Å². The first kappa shape index (κ1) is 33.4. The summed E-state index contributed by atoms with van der Waals surface area (Å²) < 4.78 is 34.5. The van der Waals surface area contributed by atoms with Crippen LogP contribution >= 0.6 is 0 Å². The van der Waals surface area contributed by atoms with E-state index in [0.29, 0.717) is 29.5 Å². The average molecular weight is 635 g/mol. The topological polar surface area (TPSA) is 197 Å². The Morgan fingerprint density at radius 1 is 0.756 bits per heavy atom. The summed E-state index contributed by atoms with van der Waals surface area (Å²) in [6, 6.07) is 7.22. The molecule has 2 saturated heterocycles. The van der Waals surface area contributed by atoms with Gasteiger partial charge in [0.1, 0.15) is 48.5 Å². The summed E-state index contributed by atoms with van der Waals surface area (Å²) in [4.78, 5) is 0. The number of aliphatic hydroxyl groups excluding tert-OH is 6. The van der Waals surface area contributed by atoms with Gasteiger partial charge in [-0.3, -0.25) is 0 Å². The average Bonchev–Trinajstić information content (AvgIpc) is 3.32. The minimum atomic E-state index is -1.70. The third-order valence-electron chi connectivity index (χ3n) is 8.44. The fourth-order valence-electron chi connectivity index (χ4n) is 5.88. The third kappa shape index (κ3) is 6.92. The Labute approximate surface area is 260 Å². The number of aliphatic hydroxyl groups is 6. The van der Waals surface area contributed by atoms with E-state index in [0.717, 1.165) is 24.8 Å². The van der Waals surface area contributed by atoms with E-state index in [2.05, 4.69) is 12.2 Å². The number of benzene rings is 2. The van der Waals surface area contributed by atoms with E-state index in [1.807, 2.05) is 18.2 Å². The summed E-state index contributed by atoms with van der Waals surface area (Å²) in [5.74, 6) is 0.690. The smallest absolute Gasteiger partial charge is 0.229 e. The van der Waals surface area contributed by atoms with Gasteiger partial charge in [-0.05, 0) is 61.4 Å². The van der Waals surface area contributed by atoms with Gasteiger partial charge in [0.05, 0.1) is 27.4 Å². The van der Waals surface area contributed by atoms with Crippen LogP contribution in [0.25, 0.3) is 11.1 Å². The molecule has 0 aromatic heterocycles. The Morgan fingerprint density at radius 3 is 2.18 bits per heavy atom. The molecule has 0 saturated carbocycles. The van der Waals surface area contributed by atoms with Gasteiger partial charge in [-0.25, -0.2) is 0 Å². The molecule has 2 heterocycles. The third-order valence-corrected chi connectivity index (χ3v) is 8.44. The molecule has 45 heavy (non-hydrogen) atoms. The molecule has 7 N–H and O–H groups in total. The molecule has 2 aromatic carbocycles. The normalized spacial score (nSPS) is 32.6. The predicted molar refractivity (Wildman–Crippen MR) is 158 cm³/mol. The summed E-state index contributed by atoms with van der Waals surface area (Å²) >= 11 is 0. The molecule has 0 radical (unpaired) electrons. The minimum absolute atomic E-state index is 0.0535. The van der Waals surface area contributed by atoms with Crippen LogP contribution < -0.4 is 14.2 Å². The van der Waals surface area contributed by atoms with E-state index in [4.69, 9.17) is 28.4 Å². The van der Waals surface area contributed by atoms with E-state index in [9.17, 15) is 35.7 Å². The molecule has 5 rings (SSSR count). The Bertz CT molecular complexity index is 1330. The van der Waals surface area contributed by atoms with Crippen LogP contribution in [0.15, 0.2) is 36.4 Å². The Morgan fingerprint density at radius 2 is 1.47 bits per heavy atom. The van der Waals surface area contributed by atoms with Gasteiger partial charge >= 0.3 is 0 Å². The van der Waals surface area contributed by atoms with Crippen molar-refractivity contribution in [2.45, 2.75) is 87.4 Å². The first-order valence-corrected chi connectivity index (χ1v) is 15.0. The van der Waals surface area contributed by atoms with E-state index in [1.165, 1.54) is 14.2 Å². The highest BCUT2D eigenvalue weighted by Gasteiger charge is 2.48. The SMILES string of the molecule is COc1c2cc(c(OC3OC(COC4OC(CO)C(O)C4O)C(O)C(O)C3O)c1OC)CCCC/C=C/Cc1ccc(O)c-2c1. The zero-order valence-corrected chi connectivity index (χ0v) is 25.2. The van der Waals surface area contributed by atoms with Gasteiger partial charge in [0, 0.05) is 11.1 Å². The Kier molecular flexibility index (Phi) is 10.9.